The van der Waals surface area contributed by atoms with E-state index in [1.807, 2.05) is 12.1 Å². The molecule has 0 aromatic heterocycles. The highest BCUT2D eigenvalue weighted by molar-refractivity contribution is 7.50. The lowest BCUT2D eigenvalue weighted by Crippen LogP contribution is -2.71. The van der Waals surface area contributed by atoms with Gasteiger partial charge in [-0.05, 0) is 24.3 Å². The molecule has 0 heterocycles. The normalized spacial score (nSPS) is 12.4. The van der Waals surface area contributed by atoms with E-state index in [1.54, 1.807) is 0 Å². The van der Waals surface area contributed by atoms with Gasteiger partial charge in [-0.3, -0.25) is 0 Å². The van der Waals surface area contributed by atoms with Gasteiger partial charge in [0.15, 0.2) is 0 Å². The molecule has 0 bridgehead atoms. The number of benzene rings is 2. The summed E-state index contributed by atoms with van der Waals surface area (Å²) < 4.78 is 0. The molecule has 106 valence electrons. The van der Waals surface area contributed by atoms with Gasteiger partial charge in [0.1, 0.15) is 7.59 Å². The number of anilines is 2. The van der Waals surface area contributed by atoms with Gasteiger partial charge in [-0.1, -0.05) is 60.8 Å². The summed E-state index contributed by atoms with van der Waals surface area (Å²) in [5, 5.41) is 2.84. The molecule has 0 saturated carbocycles. The molecule has 0 amide bonds. The molecule has 4 N–H and O–H groups in total. The molecular weight excluding hydrogens is 276 g/mol. The Labute approximate surface area is 123 Å². The van der Waals surface area contributed by atoms with Crippen LogP contribution in [0.3, 0.4) is 0 Å². The largest absolute Gasteiger partial charge is 0.399 e. The molecule has 0 aliphatic rings. The van der Waals surface area contributed by atoms with E-state index in [4.69, 9.17) is 11.5 Å². The molecule has 2 rings (SSSR count). The van der Waals surface area contributed by atoms with Crippen molar-refractivity contribution < 1.29 is 0 Å². The molecular formula is C16H24N2Si2. The van der Waals surface area contributed by atoms with Crippen molar-refractivity contribution in [1.82, 2.24) is 0 Å². The highest BCUT2D eigenvalue weighted by Crippen LogP contribution is 2.21. The van der Waals surface area contributed by atoms with E-state index in [0.717, 1.165) is 11.4 Å². The summed E-state index contributed by atoms with van der Waals surface area (Å²) >= 11 is 0. The molecule has 0 fully saturated rings. The summed E-state index contributed by atoms with van der Waals surface area (Å²) in [5.41, 5.74) is 13.7. The number of rotatable bonds is 3. The second kappa shape index (κ2) is 5.11. The molecule has 0 aliphatic heterocycles. The summed E-state index contributed by atoms with van der Waals surface area (Å²) in [6, 6.07) is 16.9. The average Bonchev–Trinajstić information content (AvgIpc) is 2.36. The lowest BCUT2D eigenvalue weighted by Gasteiger charge is -2.40. The van der Waals surface area contributed by atoms with Crippen LogP contribution < -0.4 is 21.8 Å². The third-order valence-electron chi connectivity index (χ3n) is 4.43. The molecule has 0 atom stereocenters. The Morgan fingerprint density at radius 1 is 0.700 bits per heavy atom. The first-order chi connectivity index (χ1) is 9.25. The van der Waals surface area contributed by atoms with Crippen LogP contribution in [0.25, 0.3) is 0 Å². The maximum Gasteiger partial charge on any atom is 0.107 e. The Morgan fingerprint density at radius 2 is 1.10 bits per heavy atom. The molecule has 0 aliphatic carbocycles. The Bertz CT molecular complexity index is 572. The maximum absolute atomic E-state index is 6.02. The van der Waals surface area contributed by atoms with Crippen LogP contribution in [-0.2, 0) is 0 Å². The van der Waals surface area contributed by atoms with E-state index in [9.17, 15) is 0 Å². The van der Waals surface area contributed by atoms with Crippen molar-refractivity contribution >= 4 is 36.9 Å². The van der Waals surface area contributed by atoms with Gasteiger partial charge in [-0.15, -0.1) is 0 Å². The third kappa shape index (κ3) is 2.53. The van der Waals surface area contributed by atoms with Crippen molar-refractivity contribution in [3.05, 3.63) is 48.5 Å². The van der Waals surface area contributed by atoms with Crippen LogP contribution >= 0.6 is 0 Å². The van der Waals surface area contributed by atoms with Crippen LogP contribution in [0.2, 0.25) is 26.2 Å². The number of hydrogen-bond acceptors (Lipinski definition) is 2. The molecule has 0 radical (unpaired) electrons. The van der Waals surface area contributed by atoms with Crippen LogP contribution in [-0.4, -0.2) is 15.2 Å². The first-order valence-corrected chi connectivity index (χ1v) is 14.0. The molecule has 0 spiro atoms. The predicted octanol–water partition coefficient (Wildman–Crippen LogP) is 2.46. The van der Waals surface area contributed by atoms with Gasteiger partial charge in [0, 0.05) is 19.0 Å². The summed E-state index contributed by atoms with van der Waals surface area (Å²) in [7, 11) is -3.20. The average molecular weight is 301 g/mol. The zero-order valence-corrected chi connectivity index (χ0v) is 14.8. The molecule has 2 nitrogen and oxygen atoms in total. The molecule has 0 saturated heterocycles. The zero-order valence-electron chi connectivity index (χ0n) is 12.8. The molecule has 0 unspecified atom stereocenters. The smallest absolute Gasteiger partial charge is 0.107 e. The quantitative estimate of drug-likeness (QED) is 0.676. The minimum atomic E-state index is -1.79. The standard InChI is InChI=1S/C16H24N2Si2/c1-19(2,3)20(4,15-9-5-7-13(17)11-15)16-10-6-8-14(18)12-16/h5-12H,17-18H2,1-4H3. The fraction of sp³-hybridized carbons (Fsp3) is 0.250. The molecule has 2 aromatic rings. The van der Waals surface area contributed by atoms with E-state index in [-0.39, 0.29) is 0 Å². The Morgan fingerprint density at radius 3 is 1.40 bits per heavy atom. The van der Waals surface area contributed by atoms with Gasteiger partial charge in [-0.2, -0.15) is 0 Å². The van der Waals surface area contributed by atoms with E-state index >= 15 is 0 Å². The summed E-state index contributed by atoms with van der Waals surface area (Å²) in [4.78, 5) is 0. The number of hydrogen-bond donors (Lipinski definition) is 2. The fourth-order valence-corrected chi connectivity index (χ4v) is 12.7. The number of nitrogens with two attached hydrogens (primary N) is 2. The summed E-state index contributed by atoms with van der Waals surface area (Å²) in [6.45, 7) is 9.81. The van der Waals surface area contributed by atoms with E-state index in [1.165, 1.54) is 10.4 Å². The van der Waals surface area contributed by atoms with E-state index in [2.05, 4.69) is 62.6 Å². The van der Waals surface area contributed by atoms with Crippen molar-refractivity contribution in [2.75, 3.05) is 11.5 Å². The monoisotopic (exact) mass is 300 g/mol. The molecule has 20 heavy (non-hydrogen) atoms. The van der Waals surface area contributed by atoms with Crippen LogP contribution in [0.15, 0.2) is 48.5 Å². The number of nitrogen functional groups attached to an aromatic ring is 2. The minimum Gasteiger partial charge on any atom is -0.399 e. The topological polar surface area (TPSA) is 52.0 Å². The molecule has 4 heteroatoms. The van der Waals surface area contributed by atoms with Gasteiger partial charge < -0.3 is 11.5 Å². The zero-order chi connectivity index (χ0) is 15.0. The predicted molar refractivity (Wildman–Crippen MR) is 95.9 cm³/mol. The van der Waals surface area contributed by atoms with Gasteiger partial charge in [0.05, 0.1) is 0 Å². The summed E-state index contributed by atoms with van der Waals surface area (Å²) in [6.07, 6.45) is 0. The van der Waals surface area contributed by atoms with Crippen molar-refractivity contribution in [2.24, 2.45) is 0 Å². The second-order valence-corrected chi connectivity index (χ2v) is 22.0. The maximum atomic E-state index is 6.02. The van der Waals surface area contributed by atoms with Gasteiger partial charge in [0.25, 0.3) is 0 Å². The first-order valence-electron chi connectivity index (χ1n) is 6.97. The van der Waals surface area contributed by atoms with Crippen LogP contribution in [0.4, 0.5) is 11.4 Å². The van der Waals surface area contributed by atoms with Crippen molar-refractivity contribution in [3.8, 4) is 0 Å². The lowest BCUT2D eigenvalue weighted by molar-refractivity contribution is 1.66. The van der Waals surface area contributed by atoms with E-state index in [0.29, 0.717) is 0 Å². The minimum absolute atomic E-state index is 0.850. The Hall–Kier alpha value is -1.53. The van der Waals surface area contributed by atoms with Crippen LogP contribution in [0.5, 0.6) is 0 Å². The van der Waals surface area contributed by atoms with Crippen LogP contribution in [0.1, 0.15) is 0 Å². The SMILES string of the molecule is C[Si](C)(C)[Si](C)(c1cccc(N)c1)c1cccc(N)c1. The van der Waals surface area contributed by atoms with Gasteiger partial charge in [-0.25, -0.2) is 0 Å². The second-order valence-electron chi connectivity index (χ2n) is 6.63. The Balaban J connectivity index is 2.69. The molecule has 2 aromatic carbocycles. The van der Waals surface area contributed by atoms with E-state index < -0.39 is 15.2 Å². The fourth-order valence-electron chi connectivity index (χ4n) is 2.73. The van der Waals surface area contributed by atoms with Gasteiger partial charge in [0.2, 0.25) is 0 Å². The third-order valence-corrected chi connectivity index (χ3v) is 21.1. The Kier molecular flexibility index (Phi) is 3.80. The van der Waals surface area contributed by atoms with Crippen molar-refractivity contribution in [2.45, 2.75) is 26.2 Å². The van der Waals surface area contributed by atoms with Crippen molar-refractivity contribution in [3.63, 3.8) is 0 Å². The highest BCUT2D eigenvalue weighted by atomic mass is 29.3. The lowest BCUT2D eigenvalue weighted by atomic mass is 10.3. The summed E-state index contributed by atoms with van der Waals surface area (Å²) in [5.74, 6) is 0. The van der Waals surface area contributed by atoms with Crippen LogP contribution in [0, 0.1) is 0 Å². The van der Waals surface area contributed by atoms with Crippen molar-refractivity contribution in [1.29, 1.82) is 0 Å². The van der Waals surface area contributed by atoms with Gasteiger partial charge >= 0.3 is 0 Å². The first kappa shape index (κ1) is 14.9. The highest BCUT2D eigenvalue weighted by Gasteiger charge is 2.44.